The summed E-state index contributed by atoms with van der Waals surface area (Å²) in [6.45, 7) is 8.06. The Kier molecular flexibility index (Phi) is 7.42. The predicted molar refractivity (Wildman–Crippen MR) is 118 cm³/mol. The van der Waals surface area contributed by atoms with E-state index >= 15 is 0 Å². The fraction of sp³-hybridized carbons (Fsp3) is 0.524. The Hall–Kier alpha value is -1.96. The molecule has 0 amide bonds. The molecule has 2 aromatic rings. The van der Waals surface area contributed by atoms with Gasteiger partial charge in [-0.25, -0.2) is 0 Å². The molecule has 1 fully saturated rings. The van der Waals surface area contributed by atoms with Crippen LogP contribution in [0.5, 0.6) is 0 Å². The van der Waals surface area contributed by atoms with Gasteiger partial charge in [0.2, 0.25) is 0 Å². The Morgan fingerprint density at radius 3 is 2.82 bits per heavy atom. The molecule has 1 saturated heterocycles. The number of morpholine rings is 1. The van der Waals surface area contributed by atoms with Crippen molar-refractivity contribution in [2.45, 2.75) is 26.3 Å². The normalized spacial score (nSPS) is 14.9. The van der Waals surface area contributed by atoms with Crippen LogP contribution in [0.4, 0.5) is 0 Å². The van der Waals surface area contributed by atoms with Crippen molar-refractivity contribution in [3.05, 3.63) is 45.7 Å². The highest BCUT2D eigenvalue weighted by Gasteiger charge is 2.14. The molecule has 0 bridgehead atoms. The Labute approximate surface area is 171 Å². The lowest BCUT2D eigenvalue weighted by Gasteiger charge is -2.29. The predicted octanol–water partition coefficient (Wildman–Crippen LogP) is 2.12. The topological polar surface area (TPSA) is 60.6 Å². The SMILES string of the molecule is CCc1ccc2[nH]c(=O)c(CN(CCCN3CCOCC3)C(=S)NC)cc2c1. The quantitative estimate of drug-likeness (QED) is 0.692. The summed E-state index contributed by atoms with van der Waals surface area (Å²) in [4.78, 5) is 20.1. The third-order valence-electron chi connectivity index (χ3n) is 5.26. The second-order valence-corrected chi connectivity index (χ2v) is 7.57. The summed E-state index contributed by atoms with van der Waals surface area (Å²) < 4.78 is 5.41. The monoisotopic (exact) mass is 402 g/mol. The molecule has 0 radical (unpaired) electrons. The number of rotatable bonds is 7. The van der Waals surface area contributed by atoms with Crippen molar-refractivity contribution in [2.75, 3.05) is 46.4 Å². The molecule has 1 aromatic carbocycles. The third-order valence-corrected chi connectivity index (χ3v) is 5.72. The number of benzene rings is 1. The highest BCUT2D eigenvalue weighted by molar-refractivity contribution is 7.80. The molecule has 152 valence electrons. The molecule has 0 spiro atoms. The average Bonchev–Trinajstić information content (AvgIpc) is 2.73. The molecule has 0 aliphatic carbocycles. The molecule has 7 heteroatoms. The van der Waals surface area contributed by atoms with Crippen LogP contribution >= 0.6 is 12.2 Å². The van der Waals surface area contributed by atoms with E-state index in [1.54, 1.807) is 0 Å². The summed E-state index contributed by atoms with van der Waals surface area (Å²) in [5, 5.41) is 4.80. The number of thiocarbonyl (C=S) groups is 1. The summed E-state index contributed by atoms with van der Waals surface area (Å²) in [6.07, 6.45) is 1.97. The van der Waals surface area contributed by atoms with Crippen LogP contribution in [0, 0.1) is 0 Å². The first-order valence-electron chi connectivity index (χ1n) is 10.0. The van der Waals surface area contributed by atoms with E-state index < -0.39 is 0 Å². The van der Waals surface area contributed by atoms with Gasteiger partial charge >= 0.3 is 0 Å². The highest BCUT2D eigenvalue weighted by atomic mass is 32.1. The molecular formula is C21H30N4O2S. The van der Waals surface area contributed by atoms with Crippen LogP contribution in [-0.2, 0) is 17.7 Å². The van der Waals surface area contributed by atoms with E-state index in [0.717, 1.165) is 68.7 Å². The Bertz CT molecular complexity index is 861. The molecule has 2 heterocycles. The summed E-state index contributed by atoms with van der Waals surface area (Å²) >= 11 is 5.49. The molecule has 1 aliphatic rings. The van der Waals surface area contributed by atoms with Crippen LogP contribution in [-0.4, -0.2) is 66.3 Å². The van der Waals surface area contributed by atoms with Crippen molar-refractivity contribution in [2.24, 2.45) is 0 Å². The number of hydrogen-bond acceptors (Lipinski definition) is 4. The zero-order valence-corrected chi connectivity index (χ0v) is 17.6. The van der Waals surface area contributed by atoms with Crippen LogP contribution in [0.1, 0.15) is 24.5 Å². The molecule has 1 aliphatic heterocycles. The number of hydrogen-bond donors (Lipinski definition) is 2. The Morgan fingerprint density at radius 2 is 2.11 bits per heavy atom. The van der Waals surface area contributed by atoms with Crippen LogP contribution in [0.25, 0.3) is 10.9 Å². The maximum Gasteiger partial charge on any atom is 0.253 e. The first-order chi connectivity index (χ1) is 13.6. The van der Waals surface area contributed by atoms with Gasteiger partial charge in [-0.15, -0.1) is 0 Å². The zero-order chi connectivity index (χ0) is 19.9. The van der Waals surface area contributed by atoms with Gasteiger partial charge < -0.3 is 19.9 Å². The molecule has 0 saturated carbocycles. The number of pyridine rings is 1. The van der Waals surface area contributed by atoms with Crippen molar-refractivity contribution in [3.63, 3.8) is 0 Å². The molecule has 2 N–H and O–H groups in total. The van der Waals surface area contributed by atoms with Gasteiger partial charge in [0.05, 0.1) is 19.8 Å². The number of nitrogens with zero attached hydrogens (tertiary/aromatic N) is 2. The van der Waals surface area contributed by atoms with Gasteiger partial charge in [-0.2, -0.15) is 0 Å². The molecule has 0 unspecified atom stereocenters. The van der Waals surface area contributed by atoms with E-state index in [-0.39, 0.29) is 5.56 Å². The second-order valence-electron chi connectivity index (χ2n) is 7.18. The van der Waals surface area contributed by atoms with E-state index in [4.69, 9.17) is 17.0 Å². The summed E-state index contributed by atoms with van der Waals surface area (Å²) in [6, 6.07) is 8.19. The fourth-order valence-electron chi connectivity index (χ4n) is 3.56. The molecule has 1 aromatic heterocycles. The Morgan fingerprint density at radius 1 is 1.32 bits per heavy atom. The zero-order valence-electron chi connectivity index (χ0n) is 16.8. The van der Waals surface area contributed by atoms with Gasteiger partial charge in [0.1, 0.15) is 0 Å². The smallest absolute Gasteiger partial charge is 0.253 e. The number of aromatic amines is 1. The van der Waals surface area contributed by atoms with E-state index in [1.165, 1.54) is 5.56 Å². The van der Waals surface area contributed by atoms with Gasteiger partial charge in [0, 0.05) is 44.3 Å². The Balaban J connectivity index is 1.71. The van der Waals surface area contributed by atoms with E-state index in [1.807, 2.05) is 19.2 Å². The molecule has 28 heavy (non-hydrogen) atoms. The molecule has 0 atom stereocenters. The highest BCUT2D eigenvalue weighted by Crippen LogP contribution is 2.15. The van der Waals surface area contributed by atoms with Crippen molar-refractivity contribution >= 4 is 28.2 Å². The summed E-state index contributed by atoms with van der Waals surface area (Å²) in [5.41, 5.74) is 2.83. The van der Waals surface area contributed by atoms with Gasteiger partial charge in [-0.1, -0.05) is 13.0 Å². The van der Waals surface area contributed by atoms with E-state index in [9.17, 15) is 4.79 Å². The molecule has 3 rings (SSSR count). The van der Waals surface area contributed by atoms with Crippen molar-refractivity contribution in [1.82, 2.24) is 20.1 Å². The lowest BCUT2D eigenvalue weighted by Crippen LogP contribution is -2.41. The number of ether oxygens (including phenoxy) is 1. The van der Waals surface area contributed by atoms with Crippen LogP contribution < -0.4 is 10.9 Å². The van der Waals surface area contributed by atoms with E-state index in [2.05, 4.69) is 39.2 Å². The van der Waals surface area contributed by atoms with Crippen molar-refractivity contribution in [3.8, 4) is 0 Å². The lowest BCUT2D eigenvalue weighted by atomic mass is 10.1. The minimum absolute atomic E-state index is 0.0474. The van der Waals surface area contributed by atoms with Gasteiger partial charge in [0.25, 0.3) is 5.56 Å². The number of aryl methyl sites for hydroxylation is 1. The van der Waals surface area contributed by atoms with Crippen LogP contribution in [0.15, 0.2) is 29.1 Å². The maximum absolute atomic E-state index is 12.6. The van der Waals surface area contributed by atoms with Crippen LogP contribution in [0.2, 0.25) is 0 Å². The fourth-order valence-corrected chi connectivity index (χ4v) is 3.72. The first-order valence-corrected chi connectivity index (χ1v) is 10.4. The van der Waals surface area contributed by atoms with E-state index in [0.29, 0.717) is 11.7 Å². The lowest BCUT2D eigenvalue weighted by molar-refractivity contribution is 0.0367. The number of aromatic nitrogens is 1. The van der Waals surface area contributed by atoms with Gasteiger partial charge in [-0.05, 0) is 54.2 Å². The second kappa shape index (κ2) is 10.0. The average molecular weight is 403 g/mol. The number of H-pyrrole nitrogens is 1. The summed E-state index contributed by atoms with van der Waals surface area (Å²) in [7, 11) is 1.83. The number of nitrogens with one attached hydrogen (secondary N) is 2. The largest absolute Gasteiger partial charge is 0.379 e. The maximum atomic E-state index is 12.6. The molecular weight excluding hydrogens is 372 g/mol. The standard InChI is InChI=1S/C21H30N4O2S/c1-3-16-5-6-19-17(13-16)14-18(20(26)23-19)15-25(21(28)22-2)8-4-7-24-9-11-27-12-10-24/h5-6,13-14H,3-4,7-12,15H2,1-2H3,(H,22,28)(H,23,26). The minimum atomic E-state index is -0.0474. The third kappa shape index (κ3) is 5.31. The first kappa shape index (κ1) is 20.8. The summed E-state index contributed by atoms with van der Waals surface area (Å²) in [5.74, 6) is 0. The minimum Gasteiger partial charge on any atom is -0.379 e. The van der Waals surface area contributed by atoms with Crippen molar-refractivity contribution in [1.29, 1.82) is 0 Å². The van der Waals surface area contributed by atoms with Gasteiger partial charge in [0.15, 0.2) is 5.11 Å². The number of fused-ring (bicyclic) bond motifs is 1. The molecule has 6 nitrogen and oxygen atoms in total. The van der Waals surface area contributed by atoms with Crippen LogP contribution in [0.3, 0.4) is 0 Å². The van der Waals surface area contributed by atoms with Crippen molar-refractivity contribution < 1.29 is 4.74 Å². The van der Waals surface area contributed by atoms with Gasteiger partial charge in [-0.3, -0.25) is 9.69 Å².